The molecule has 4 N–H and O–H groups in total. The lowest BCUT2D eigenvalue weighted by molar-refractivity contribution is -0.121. The van der Waals surface area contributed by atoms with Crippen molar-refractivity contribution in [2.75, 3.05) is 11.3 Å². The fourth-order valence-corrected chi connectivity index (χ4v) is 2.47. The number of sulfonamides is 1. The van der Waals surface area contributed by atoms with Crippen molar-refractivity contribution in [1.29, 1.82) is 0 Å². The molecule has 20 heavy (non-hydrogen) atoms. The minimum Gasteiger partial charge on any atom is -0.271 e. The molecule has 1 aromatic carbocycles. The number of halogens is 3. The Labute approximate surface area is 113 Å². The molecule has 0 aliphatic rings. The van der Waals surface area contributed by atoms with Crippen LogP contribution in [-0.4, -0.2) is 29.6 Å². The zero-order chi connectivity index (χ0) is 15.6. The van der Waals surface area contributed by atoms with E-state index in [9.17, 15) is 30.0 Å². The largest absolute Gasteiger partial charge is 0.402 e. The molecule has 0 saturated heterocycles. The third-order valence-electron chi connectivity index (χ3n) is 1.90. The first-order valence-electron chi connectivity index (χ1n) is 4.86. The lowest BCUT2D eigenvalue weighted by Crippen LogP contribution is -2.37. The average molecular weight is 333 g/mol. The molecule has 0 saturated carbocycles. The van der Waals surface area contributed by atoms with E-state index in [1.54, 1.807) is 4.72 Å². The zero-order valence-corrected chi connectivity index (χ0v) is 11.3. The average Bonchev–Trinajstić information content (AvgIpc) is 2.25. The number of alkyl halides is 3. The molecule has 0 atom stereocenters. The van der Waals surface area contributed by atoms with E-state index in [1.807, 2.05) is 0 Å². The van der Waals surface area contributed by atoms with Crippen molar-refractivity contribution in [3.05, 3.63) is 24.3 Å². The summed E-state index contributed by atoms with van der Waals surface area (Å²) in [7, 11) is -8.35. The van der Waals surface area contributed by atoms with Gasteiger partial charge < -0.3 is 0 Å². The highest BCUT2D eigenvalue weighted by molar-refractivity contribution is 7.90. The SMILES string of the molecule is NS(=O)(=O)c1ccc(NS(=O)(=O)NCC(F)(F)F)cc1. The van der Waals surface area contributed by atoms with Crippen LogP contribution in [-0.2, 0) is 20.2 Å². The van der Waals surface area contributed by atoms with E-state index in [-0.39, 0.29) is 10.6 Å². The first-order chi connectivity index (χ1) is 8.89. The molecular formula is C8H10F3N3O4S2. The monoisotopic (exact) mass is 333 g/mol. The standard InChI is InChI=1S/C8H10F3N3O4S2/c9-8(10,11)5-13-20(17,18)14-6-1-3-7(4-2-6)19(12,15)16/h1-4,13-14H,5H2,(H2,12,15,16). The van der Waals surface area contributed by atoms with Crippen molar-refractivity contribution in [2.45, 2.75) is 11.1 Å². The van der Waals surface area contributed by atoms with Gasteiger partial charge in [-0.05, 0) is 24.3 Å². The van der Waals surface area contributed by atoms with Crippen molar-refractivity contribution in [1.82, 2.24) is 4.72 Å². The number of hydrogen-bond donors (Lipinski definition) is 3. The summed E-state index contributed by atoms with van der Waals surface area (Å²) < 4.78 is 83.1. The van der Waals surface area contributed by atoms with Crippen LogP contribution in [0.25, 0.3) is 0 Å². The van der Waals surface area contributed by atoms with E-state index in [2.05, 4.69) is 0 Å². The predicted octanol–water partition coefficient (Wildman–Crippen LogP) is 0.143. The highest BCUT2D eigenvalue weighted by atomic mass is 32.2. The highest BCUT2D eigenvalue weighted by Crippen LogP contribution is 2.15. The molecule has 0 spiro atoms. The van der Waals surface area contributed by atoms with E-state index in [0.717, 1.165) is 24.3 Å². The van der Waals surface area contributed by atoms with E-state index in [0.29, 0.717) is 0 Å². The third kappa shape index (κ3) is 5.73. The molecule has 0 aromatic heterocycles. The third-order valence-corrected chi connectivity index (χ3v) is 3.86. The molecule has 12 heteroatoms. The maximum atomic E-state index is 11.9. The summed E-state index contributed by atoms with van der Waals surface area (Å²) in [6.07, 6.45) is -4.69. The molecule has 0 bridgehead atoms. The molecule has 7 nitrogen and oxygen atoms in total. The molecule has 0 aliphatic carbocycles. The minimum atomic E-state index is -4.69. The van der Waals surface area contributed by atoms with Crippen LogP contribution in [0.4, 0.5) is 18.9 Å². The number of primary sulfonamides is 1. The Balaban J connectivity index is 2.78. The van der Waals surface area contributed by atoms with Gasteiger partial charge in [-0.2, -0.15) is 26.3 Å². The van der Waals surface area contributed by atoms with Gasteiger partial charge in [-0.15, -0.1) is 0 Å². The van der Waals surface area contributed by atoms with Gasteiger partial charge in [0.2, 0.25) is 10.0 Å². The van der Waals surface area contributed by atoms with Gasteiger partial charge in [-0.3, -0.25) is 4.72 Å². The second-order valence-electron chi connectivity index (χ2n) is 3.61. The number of hydrogen-bond acceptors (Lipinski definition) is 4. The van der Waals surface area contributed by atoms with Crippen molar-refractivity contribution in [3.8, 4) is 0 Å². The van der Waals surface area contributed by atoms with E-state index in [4.69, 9.17) is 5.14 Å². The van der Waals surface area contributed by atoms with Gasteiger partial charge in [-0.1, -0.05) is 0 Å². The van der Waals surface area contributed by atoms with Crippen LogP contribution >= 0.6 is 0 Å². The fourth-order valence-electron chi connectivity index (χ4n) is 1.08. The number of anilines is 1. The Morgan fingerprint density at radius 3 is 1.95 bits per heavy atom. The predicted molar refractivity (Wildman–Crippen MR) is 64.4 cm³/mol. The first kappa shape index (κ1) is 16.7. The van der Waals surface area contributed by atoms with Gasteiger partial charge in [0.1, 0.15) is 6.54 Å². The van der Waals surface area contributed by atoms with Crippen molar-refractivity contribution in [2.24, 2.45) is 5.14 Å². The molecule has 1 aromatic rings. The van der Waals surface area contributed by atoms with E-state index < -0.39 is 33.0 Å². The fraction of sp³-hybridized carbons (Fsp3) is 0.250. The number of benzene rings is 1. The molecule has 0 fully saturated rings. The van der Waals surface area contributed by atoms with E-state index >= 15 is 0 Å². The second-order valence-corrected chi connectivity index (χ2v) is 6.67. The van der Waals surface area contributed by atoms with Crippen molar-refractivity contribution >= 4 is 25.9 Å². The second kappa shape index (κ2) is 5.55. The maximum Gasteiger partial charge on any atom is 0.402 e. The summed E-state index contributed by atoms with van der Waals surface area (Å²) in [6, 6.07) is 4.12. The molecule has 0 unspecified atom stereocenters. The summed E-state index contributed by atoms with van der Waals surface area (Å²) in [5, 5.41) is 4.83. The lowest BCUT2D eigenvalue weighted by Gasteiger charge is -2.11. The summed E-state index contributed by atoms with van der Waals surface area (Å²) in [4.78, 5) is -0.260. The Morgan fingerprint density at radius 2 is 1.55 bits per heavy atom. The van der Waals surface area contributed by atoms with Crippen LogP contribution < -0.4 is 14.6 Å². The molecule has 0 heterocycles. The normalized spacial score (nSPS) is 13.2. The van der Waals surface area contributed by atoms with Gasteiger partial charge >= 0.3 is 6.18 Å². The Hall–Kier alpha value is -1.37. The lowest BCUT2D eigenvalue weighted by atomic mass is 10.3. The van der Waals surface area contributed by atoms with Gasteiger partial charge in [0.15, 0.2) is 0 Å². The zero-order valence-electron chi connectivity index (χ0n) is 9.68. The van der Waals surface area contributed by atoms with Crippen LogP contribution in [0, 0.1) is 0 Å². The number of nitrogens with one attached hydrogen (secondary N) is 2. The minimum absolute atomic E-state index is 0.118. The van der Waals surface area contributed by atoms with Crippen LogP contribution in [0.1, 0.15) is 0 Å². The van der Waals surface area contributed by atoms with Crippen LogP contribution in [0.3, 0.4) is 0 Å². The van der Waals surface area contributed by atoms with Gasteiger partial charge in [0, 0.05) is 5.69 Å². The Kier molecular flexibility index (Phi) is 4.63. The Morgan fingerprint density at radius 1 is 1.05 bits per heavy atom. The molecule has 0 amide bonds. The highest BCUT2D eigenvalue weighted by Gasteiger charge is 2.29. The summed E-state index contributed by atoms with van der Waals surface area (Å²) in [6.45, 7) is -1.72. The topological polar surface area (TPSA) is 118 Å². The van der Waals surface area contributed by atoms with Gasteiger partial charge in [0.05, 0.1) is 4.90 Å². The van der Waals surface area contributed by atoms with Crippen LogP contribution in [0.5, 0.6) is 0 Å². The summed E-state index contributed by atoms with van der Waals surface area (Å²) in [5.41, 5.74) is -0.118. The van der Waals surface area contributed by atoms with Crippen molar-refractivity contribution in [3.63, 3.8) is 0 Å². The number of nitrogens with two attached hydrogens (primary N) is 1. The van der Waals surface area contributed by atoms with Gasteiger partial charge in [-0.25, -0.2) is 13.6 Å². The summed E-state index contributed by atoms with van der Waals surface area (Å²) in [5.74, 6) is 0. The van der Waals surface area contributed by atoms with Crippen molar-refractivity contribution < 1.29 is 30.0 Å². The molecule has 0 aliphatic heterocycles. The van der Waals surface area contributed by atoms with E-state index in [1.165, 1.54) is 4.72 Å². The van der Waals surface area contributed by atoms with Crippen LogP contribution in [0.2, 0.25) is 0 Å². The maximum absolute atomic E-state index is 11.9. The quantitative estimate of drug-likeness (QED) is 0.710. The molecule has 114 valence electrons. The molecule has 0 radical (unpaired) electrons. The number of rotatable bonds is 5. The smallest absolute Gasteiger partial charge is 0.271 e. The Bertz CT molecular complexity index is 668. The first-order valence-corrected chi connectivity index (χ1v) is 7.89. The molecule has 1 rings (SSSR count). The van der Waals surface area contributed by atoms with Gasteiger partial charge in [0.25, 0.3) is 10.2 Å². The molecular weight excluding hydrogens is 323 g/mol. The summed E-state index contributed by atoms with van der Waals surface area (Å²) >= 11 is 0. The van der Waals surface area contributed by atoms with Crippen LogP contribution in [0.15, 0.2) is 29.2 Å².